The Hall–Kier alpha value is -3.45. The number of halogens is 1. The lowest BCUT2D eigenvalue weighted by Gasteiger charge is -2.21. The summed E-state index contributed by atoms with van der Waals surface area (Å²) < 4.78 is 15.7. The van der Waals surface area contributed by atoms with E-state index in [1.165, 1.54) is 26.5 Å². The average Bonchev–Trinajstić information content (AvgIpc) is 3.28. The van der Waals surface area contributed by atoms with Crippen molar-refractivity contribution in [2.24, 2.45) is 0 Å². The van der Waals surface area contributed by atoms with Crippen LogP contribution in [-0.4, -0.2) is 32.1 Å². The van der Waals surface area contributed by atoms with E-state index in [0.717, 1.165) is 0 Å². The number of rotatable bonds is 8. The molecule has 0 fully saturated rings. The highest BCUT2D eigenvalue weighted by Crippen LogP contribution is 2.29. The van der Waals surface area contributed by atoms with Gasteiger partial charge in [0.2, 0.25) is 5.78 Å². The molecule has 8 heteroatoms. The van der Waals surface area contributed by atoms with Gasteiger partial charge in [0.1, 0.15) is 11.5 Å². The van der Waals surface area contributed by atoms with Crippen molar-refractivity contribution in [3.8, 4) is 11.5 Å². The van der Waals surface area contributed by atoms with Crippen LogP contribution in [0.1, 0.15) is 20.9 Å². The number of ketones is 1. The van der Waals surface area contributed by atoms with Gasteiger partial charge in [0, 0.05) is 16.7 Å². The quantitative estimate of drug-likeness (QED) is 0.427. The monoisotopic (exact) mass is 414 g/mol. The summed E-state index contributed by atoms with van der Waals surface area (Å²) in [5.74, 6) is 0.205. The third kappa shape index (κ3) is 4.89. The number of carbonyl (C=O) groups excluding carboxylic acids is 2. The van der Waals surface area contributed by atoms with Crippen LogP contribution >= 0.6 is 11.6 Å². The first-order valence-electron chi connectivity index (χ1n) is 8.64. The highest BCUT2D eigenvalue weighted by molar-refractivity contribution is 6.30. The van der Waals surface area contributed by atoms with E-state index in [0.29, 0.717) is 27.8 Å². The molecule has 0 aliphatic carbocycles. The third-order valence-electron chi connectivity index (χ3n) is 4.12. The predicted molar refractivity (Wildman–Crippen MR) is 109 cm³/mol. The van der Waals surface area contributed by atoms with Crippen molar-refractivity contribution in [2.75, 3.05) is 19.5 Å². The first-order valence-corrected chi connectivity index (χ1v) is 9.02. The summed E-state index contributed by atoms with van der Waals surface area (Å²) >= 11 is 5.91. The minimum atomic E-state index is -1.10. The summed E-state index contributed by atoms with van der Waals surface area (Å²) in [6, 6.07) is 14.6. The minimum Gasteiger partial charge on any atom is -0.497 e. The van der Waals surface area contributed by atoms with Crippen molar-refractivity contribution in [3.05, 3.63) is 77.2 Å². The van der Waals surface area contributed by atoms with Crippen LogP contribution in [0.3, 0.4) is 0 Å². The van der Waals surface area contributed by atoms with Crippen molar-refractivity contribution in [3.63, 3.8) is 0 Å². The molecule has 0 aliphatic rings. The number of furan rings is 1. The van der Waals surface area contributed by atoms with Gasteiger partial charge < -0.3 is 24.5 Å². The molecule has 1 aromatic heterocycles. The van der Waals surface area contributed by atoms with Gasteiger partial charge in [0.15, 0.2) is 11.9 Å². The van der Waals surface area contributed by atoms with E-state index in [1.54, 1.807) is 48.5 Å². The maximum absolute atomic E-state index is 13.1. The van der Waals surface area contributed by atoms with Gasteiger partial charge in [-0.3, -0.25) is 9.59 Å². The van der Waals surface area contributed by atoms with Crippen LogP contribution in [0.5, 0.6) is 11.5 Å². The molecule has 7 nitrogen and oxygen atoms in total. The number of hydrogen-bond donors (Lipinski definition) is 2. The van der Waals surface area contributed by atoms with Gasteiger partial charge in [-0.05, 0) is 48.5 Å². The smallest absolute Gasteiger partial charge is 0.288 e. The number of benzene rings is 2. The van der Waals surface area contributed by atoms with E-state index < -0.39 is 12.1 Å². The van der Waals surface area contributed by atoms with Gasteiger partial charge >= 0.3 is 0 Å². The number of nitrogens with one attached hydrogen (secondary N) is 2. The molecule has 150 valence electrons. The van der Waals surface area contributed by atoms with E-state index in [-0.39, 0.29) is 11.5 Å². The van der Waals surface area contributed by atoms with Gasteiger partial charge in [-0.15, -0.1) is 0 Å². The van der Waals surface area contributed by atoms with Gasteiger partial charge in [-0.2, -0.15) is 0 Å². The molecule has 0 radical (unpaired) electrons. The fourth-order valence-electron chi connectivity index (χ4n) is 2.64. The lowest BCUT2D eigenvalue weighted by Crippen LogP contribution is -2.46. The van der Waals surface area contributed by atoms with Crippen molar-refractivity contribution in [1.29, 1.82) is 0 Å². The Kier molecular flexibility index (Phi) is 6.41. The van der Waals surface area contributed by atoms with E-state index in [4.69, 9.17) is 25.5 Å². The Morgan fingerprint density at radius 3 is 2.41 bits per heavy atom. The van der Waals surface area contributed by atoms with E-state index in [2.05, 4.69) is 10.6 Å². The predicted octanol–water partition coefficient (Wildman–Crippen LogP) is 4.00. The molecule has 0 aliphatic heterocycles. The van der Waals surface area contributed by atoms with Gasteiger partial charge in [-0.25, -0.2) is 0 Å². The normalized spacial score (nSPS) is 11.4. The van der Waals surface area contributed by atoms with Crippen molar-refractivity contribution in [1.82, 2.24) is 5.32 Å². The highest BCUT2D eigenvalue weighted by Gasteiger charge is 2.25. The zero-order valence-corrected chi connectivity index (χ0v) is 16.5. The van der Waals surface area contributed by atoms with Crippen molar-refractivity contribution >= 4 is 29.0 Å². The molecular weight excluding hydrogens is 396 g/mol. The Labute approximate surface area is 172 Å². The Morgan fingerprint density at radius 2 is 1.79 bits per heavy atom. The van der Waals surface area contributed by atoms with Gasteiger partial charge in [-0.1, -0.05) is 11.6 Å². The molecule has 3 aromatic rings. The second kappa shape index (κ2) is 9.16. The Balaban J connectivity index is 1.93. The summed E-state index contributed by atoms with van der Waals surface area (Å²) in [4.78, 5) is 25.6. The first-order chi connectivity index (χ1) is 14.0. The first kappa shape index (κ1) is 20.3. The summed E-state index contributed by atoms with van der Waals surface area (Å²) in [5, 5.41) is 6.16. The number of methoxy groups -OCH3 is 2. The average molecular weight is 415 g/mol. The summed E-state index contributed by atoms with van der Waals surface area (Å²) in [5.41, 5.74) is 0.840. The van der Waals surface area contributed by atoms with Gasteiger partial charge in [0.25, 0.3) is 5.91 Å². The number of hydrogen-bond acceptors (Lipinski definition) is 6. The molecule has 0 bridgehead atoms. The molecular formula is C21H19ClN2O5. The van der Waals surface area contributed by atoms with Crippen LogP contribution in [0.15, 0.2) is 65.3 Å². The maximum atomic E-state index is 13.1. The summed E-state index contributed by atoms with van der Waals surface area (Å²) in [6.07, 6.45) is 0.276. The van der Waals surface area contributed by atoms with Gasteiger partial charge in [0.05, 0.1) is 26.2 Å². The van der Waals surface area contributed by atoms with Crippen LogP contribution in [0.2, 0.25) is 5.02 Å². The maximum Gasteiger partial charge on any atom is 0.288 e. The van der Waals surface area contributed by atoms with Crippen molar-refractivity contribution < 1.29 is 23.5 Å². The van der Waals surface area contributed by atoms with Crippen LogP contribution in [0, 0.1) is 0 Å². The topological polar surface area (TPSA) is 89.8 Å². The summed E-state index contributed by atoms with van der Waals surface area (Å²) in [6.45, 7) is 0. The number of anilines is 1. The molecule has 1 heterocycles. The lowest BCUT2D eigenvalue weighted by atomic mass is 10.1. The second-order valence-electron chi connectivity index (χ2n) is 5.97. The molecule has 0 saturated carbocycles. The number of Topliss-reactive ketones (excluding diaryl/α,β-unsaturated/α-hetero) is 1. The SMILES string of the molecule is COc1ccc(OC)c(N[C@@H](NC(=O)c2ccco2)C(=O)c2ccc(Cl)cc2)c1. The molecule has 2 N–H and O–H groups in total. The summed E-state index contributed by atoms with van der Waals surface area (Å²) in [7, 11) is 3.03. The van der Waals surface area contributed by atoms with Crippen LogP contribution in [0.25, 0.3) is 0 Å². The van der Waals surface area contributed by atoms with Crippen LogP contribution < -0.4 is 20.1 Å². The van der Waals surface area contributed by atoms with E-state index in [1.807, 2.05) is 0 Å². The highest BCUT2D eigenvalue weighted by atomic mass is 35.5. The second-order valence-corrected chi connectivity index (χ2v) is 6.40. The third-order valence-corrected chi connectivity index (χ3v) is 4.37. The molecule has 2 aromatic carbocycles. The fraction of sp³-hybridized carbons (Fsp3) is 0.143. The largest absolute Gasteiger partial charge is 0.497 e. The zero-order valence-electron chi connectivity index (χ0n) is 15.8. The number of amides is 1. The Morgan fingerprint density at radius 1 is 1.03 bits per heavy atom. The van der Waals surface area contributed by atoms with E-state index >= 15 is 0 Å². The minimum absolute atomic E-state index is 0.0818. The lowest BCUT2D eigenvalue weighted by molar-refractivity contribution is 0.0852. The number of ether oxygens (including phenoxy) is 2. The molecule has 3 rings (SSSR count). The molecule has 0 unspecified atom stereocenters. The Bertz CT molecular complexity index is 987. The zero-order chi connectivity index (χ0) is 20.8. The molecule has 29 heavy (non-hydrogen) atoms. The molecule has 1 amide bonds. The molecule has 0 spiro atoms. The van der Waals surface area contributed by atoms with Crippen LogP contribution in [0.4, 0.5) is 5.69 Å². The van der Waals surface area contributed by atoms with Crippen molar-refractivity contribution in [2.45, 2.75) is 6.17 Å². The van der Waals surface area contributed by atoms with Crippen LogP contribution in [-0.2, 0) is 0 Å². The standard InChI is InChI=1S/C21H19ClN2O5/c1-27-15-9-10-17(28-2)16(12-15)23-20(24-21(26)18-4-3-11-29-18)19(25)13-5-7-14(22)8-6-13/h3-12,20,23H,1-2H3,(H,24,26)/t20-/m0/s1. The fourth-order valence-corrected chi connectivity index (χ4v) is 2.77. The molecule has 0 saturated heterocycles. The van der Waals surface area contributed by atoms with E-state index in [9.17, 15) is 9.59 Å². The number of carbonyl (C=O) groups is 2. The molecule has 1 atom stereocenters.